The summed E-state index contributed by atoms with van der Waals surface area (Å²) in [5.74, 6) is 0. The highest BCUT2D eigenvalue weighted by atomic mass is 16.1. The molecule has 0 radical (unpaired) electrons. The van der Waals surface area contributed by atoms with Gasteiger partial charge in [-0.05, 0) is 6.04 Å². The highest BCUT2D eigenvalue weighted by Gasteiger charge is 1.95. The van der Waals surface area contributed by atoms with Crippen molar-refractivity contribution >= 4 is 10.9 Å². The normalized spacial score (nSPS) is 14.6. The van der Waals surface area contributed by atoms with E-state index in [9.17, 15) is 4.79 Å². The maximum absolute atomic E-state index is 11.1. The van der Waals surface area contributed by atoms with Crippen LogP contribution in [0.25, 0.3) is 10.9 Å². The number of hydrogen-bond acceptors (Lipinski definition) is 2. The molecule has 0 aliphatic carbocycles. The van der Waals surface area contributed by atoms with Crippen molar-refractivity contribution in [3.63, 3.8) is 0 Å². The molecule has 0 fully saturated rings. The smallest absolute Gasteiger partial charge is 0.273 e. The van der Waals surface area contributed by atoms with E-state index in [-0.39, 0.29) is 29.3 Å². The maximum atomic E-state index is 11.1. The van der Waals surface area contributed by atoms with Crippen LogP contribution in [-0.2, 0) is 0 Å². The van der Waals surface area contributed by atoms with Gasteiger partial charge < -0.3 is 4.98 Å². The third-order valence-corrected chi connectivity index (χ3v) is 1.18. The van der Waals surface area contributed by atoms with Gasteiger partial charge in [0.1, 0.15) is 0 Å². The maximum Gasteiger partial charge on any atom is 0.273 e. The van der Waals surface area contributed by atoms with E-state index in [0.29, 0.717) is 0 Å². The highest BCUT2D eigenvalue weighted by molar-refractivity contribution is 5.76. The van der Waals surface area contributed by atoms with Gasteiger partial charge in [-0.2, -0.15) is 5.10 Å². The van der Waals surface area contributed by atoms with E-state index in [0.717, 1.165) is 0 Å². The topological polar surface area (TPSA) is 61.5 Å². The van der Waals surface area contributed by atoms with E-state index < -0.39 is 5.56 Å². The van der Waals surface area contributed by atoms with Crippen LogP contribution in [-0.4, -0.2) is 15.2 Å². The third kappa shape index (κ3) is 0.556. The first kappa shape index (κ1) is 3.01. The molecule has 4 nitrogen and oxygen atoms in total. The zero-order valence-electron chi connectivity index (χ0n) is 7.86. The lowest BCUT2D eigenvalue weighted by Crippen LogP contribution is -2.05. The van der Waals surface area contributed by atoms with Crippen LogP contribution in [0.3, 0.4) is 0 Å². The molecule has 0 saturated heterocycles. The Balaban J connectivity index is 3.09. The minimum atomic E-state index is -0.550. The molecule has 0 aromatic carbocycles. The van der Waals surface area contributed by atoms with Crippen LogP contribution in [0.15, 0.2) is 23.2 Å². The van der Waals surface area contributed by atoms with Gasteiger partial charge in [0.15, 0.2) is 0 Å². The van der Waals surface area contributed by atoms with Crippen LogP contribution < -0.4 is 5.56 Å². The molecular formula is C6H5N3O. The summed E-state index contributed by atoms with van der Waals surface area (Å²) in [4.78, 5) is 13.6. The first-order valence-corrected chi connectivity index (χ1v) is 2.65. The molecule has 2 aromatic heterocycles. The molecule has 2 rings (SSSR count). The fourth-order valence-electron chi connectivity index (χ4n) is 0.726. The van der Waals surface area contributed by atoms with Gasteiger partial charge in [-0.3, -0.25) is 4.79 Å². The van der Waals surface area contributed by atoms with Crippen LogP contribution in [0, 0.1) is 0 Å². The number of aromatic amines is 2. The molecule has 10 heavy (non-hydrogen) atoms. The fraction of sp³-hybridized carbons (Fsp3) is 0. The molecule has 2 heterocycles. The Morgan fingerprint density at radius 3 is 3.40 bits per heavy atom. The standard InChI is InChI=1S/C6H5N3O/c10-6-4-1-2-7-5(4)3-8-9-6/h1-3,7H,(H,9,10)/i1D,2D,3D. The van der Waals surface area contributed by atoms with Gasteiger partial charge in [0, 0.05) is 6.17 Å². The SMILES string of the molecule is [2H]c1[nH]c2c([2H])n[nH]c(=O)c2c1[2H]. The Bertz CT molecular complexity index is 530. The fourth-order valence-corrected chi connectivity index (χ4v) is 0.726. The molecular weight excluding hydrogens is 130 g/mol. The van der Waals surface area contributed by atoms with Crippen LogP contribution in [0.2, 0.25) is 0 Å². The molecule has 2 N–H and O–H groups in total. The molecule has 0 aliphatic rings. The van der Waals surface area contributed by atoms with Crippen molar-refractivity contribution in [1.82, 2.24) is 15.2 Å². The Labute approximate surface area is 60.1 Å². The van der Waals surface area contributed by atoms with Gasteiger partial charge >= 0.3 is 0 Å². The summed E-state index contributed by atoms with van der Waals surface area (Å²) in [6.45, 7) is 0. The summed E-state index contributed by atoms with van der Waals surface area (Å²) < 4.78 is 21.9. The van der Waals surface area contributed by atoms with E-state index in [4.69, 9.17) is 4.11 Å². The molecule has 0 bridgehead atoms. The molecule has 0 spiro atoms. The third-order valence-electron chi connectivity index (χ3n) is 1.18. The molecule has 50 valence electrons. The van der Waals surface area contributed by atoms with Crippen molar-refractivity contribution < 1.29 is 4.11 Å². The van der Waals surface area contributed by atoms with Crippen LogP contribution in [0.5, 0.6) is 0 Å². The number of nitrogens with one attached hydrogen (secondary N) is 2. The lowest BCUT2D eigenvalue weighted by molar-refractivity contribution is 1.01. The van der Waals surface area contributed by atoms with Gasteiger partial charge in [-0.25, -0.2) is 5.10 Å². The summed E-state index contributed by atoms with van der Waals surface area (Å²) in [5, 5.41) is 5.49. The minimum absolute atomic E-state index is 0.0185. The van der Waals surface area contributed by atoms with Gasteiger partial charge in [-0.1, -0.05) is 0 Å². The Kier molecular flexibility index (Phi) is 0.510. The van der Waals surface area contributed by atoms with E-state index in [1.807, 2.05) is 0 Å². The second-order valence-corrected chi connectivity index (χ2v) is 1.79. The number of H-pyrrole nitrogens is 2. The van der Waals surface area contributed by atoms with Crippen molar-refractivity contribution in [2.24, 2.45) is 0 Å². The van der Waals surface area contributed by atoms with E-state index >= 15 is 0 Å². The molecule has 0 saturated carbocycles. The molecule has 0 atom stereocenters. The van der Waals surface area contributed by atoms with E-state index in [1.165, 1.54) is 0 Å². The number of fused-ring (bicyclic) bond motifs is 1. The molecule has 4 heteroatoms. The lowest BCUT2D eigenvalue weighted by Gasteiger charge is -1.83. The van der Waals surface area contributed by atoms with Gasteiger partial charge in [0.25, 0.3) is 5.56 Å². The summed E-state index contributed by atoms with van der Waals surface area (Å²) >= 11 is 0. The van der Waals surface area contributed by atoms with E-state index in [1.54, 1.807) is 0 Å². The average Bonchev–Trinajstić information content (AvgIpc) is 2.38. The lowest BCUT2D eigenvalue weighted by atomic mass is 10.4. The van der Waals surface area contributed by atoms with Gasteiger partial charge in [0.2, 0.25) is 0 Å². The van der Waals surface area contributed by atoms with Crippen molar-refractivity contribution in [2.45, 2.75) is 0 Å². The zero-order valence-corrected chi connectivity index (χ0v) is 4.86. The predicted octanol–water partition coefficient (Wildman–Crippen LogP) is 0.251. The van der Waals surface area contributed by atoms with Gasteiger partial charge in [-0.15, -0.1) is 0 Å². The largest absolute Gasteiger partial charge is 0.360 e. The number of hydrogen-bond donors (Lipinski definition) is 2. The first-order chi connectivity index (χ1) is 6.11. The average molecular weight is 138 g/mol. The van der Waals surface area contributed by atoms with Crippen molar-refractivity contribution in [2.75, 3.05) is 0 Å². The molecule has 2 aromatic rings. The number of aromatic nitrogens is 3. The Morgan fingerprint density at radius 2 is 2.60 bits per heavy atom. The van der Waals surface area contributed by atoms with Crippen LogP contribution in [0.1, 0.15) is 4.11 Å². The van der Waals surface area contributed by atoms with Gasteiger partial charge in [0.05, 0.1) is 21.2 Å². The highest BCUT2D eigenvalue weighted by Crippen LogP contribution is 2.01. The van der Waals surface area contributed by atoms with Crippen molar-refractivity contribution in [1.29, 1.82) is 0 Å². The first-order valence-electron chi connectivity index (χ1n) is 4.15. The number of rotatable bonds is 0. The minimum Gasteiger partial charge on any atom is -0.360 e. The molecule has 0 unspecified atom stereocenters. The molecule has 0 aliphatic heterocycles. The summed E-state index contributed by atoms with van der Waals surface area (Å²) in [6, 6.07) is -0.202. The van der Waals surface area contributed by atoms with Crippen LogP contribution in [0.4, 0.5) is 0 Å². The Morgan fingerprint density at radius 1 is 1.70 bits per heavy atom. The number of nitrogens with zero attached hydrogens (tertiary/aromatic N) is 1. The summed E-state index contributed by atoms with van der Waals surface area (Å²) in [5.41, 5.74) is -0.412. The second-order valence-electron chi connectivity index (χ2n) is 1.79. The molecule has 0 amide bonds. The summed E-state index contributed by atoms with van der Waals surface area (Å²) in [7, 11) is 0. The quantitative estimate of drug-likeness (QED) is 0.548. The van der Waals surface area contributed by atoms with Crippen LogP contribution >= 0.6 is 0 Å². The summed E-state index contributed by atoms with van der Waals surface area (Å²) in [6.07, 6.45) is -0.344. The van der Waals surface area contributed by atoms with Crippen molar-refractivity contribution in [3.05, 3.63) is 28.7 Å². The van der Waals surface area contributed by atoms with E-state index in [2.05, 4.69) is 15.2 Å². The second kappa shape index (κ2) is 1.70. The Hall–Kier alpha value is -1.58. The zero-order chi connectivity index (χ0) is 9.59. The monoisotopic (exact) mass is 138 g/mol. The predicted molar refractivity (Wildman–Crippen MR) is 36.7 cm³/mol. The van der Waals surface area contributed by atoms with Crippen molar-refractivity contribution in [3.8, 4) is 0 Å².